The quantitative estimate of drug-likeness (QED) is 0.471. The summed E-state index contributed by atoms with van der Waals surface area (Å²) in [6, 6.07) is 18.2. The topological polar surface area (TPSA) is 46.9 Å². The number of carbonyl (C=O) groups excluding carboxylic acids is 1. The molecule has 4 aromatic rings. The molecule has 1 amide bonds. The third kappa shape index (κ3) is 3.22. The number of nitrogens with zero attached hydrogens (tertiary/aromatic N) is 2. The van der Waals surface area contributed by atoms with E-state index < -0.39 is 0 Å². The van der Waals surface area contributed by atoms with Gasteiger partial charge in [-0.2, -0.15) is 5.10 Å². The number of para-hydroxylation sites is 2. The Kier molecular flexibility index (Phi) is 5.01. The first-order valence-electron chi connectivity index (χ1n) is 9.59. The number of thiophene rings is 1. The Morgan fingerprint density at radius 1 is 1.04 bits per heavy atom. The summed E-state index contributed by atoms with van der Waals surface area (Å²) >= 11 is 1.48. The van der Waals surface area contributed by atoms with E-state index in [2.05, 4.69) is 42.5 Å². The maximum atomic E-state index is 13.0. The van der Waals surface area contributed by atoms with Crippen LogP contribution in [0.25, 0.3) is 15.9 Å². The Bertz CT molecular complexity index is 1120. The number of aryl methyl sites for hydroxylation is 3. The maximum absolute atomic E-state index is 13.0. The molecular weight excluding hydrogens is 366 g/mol. The van der Waals surface area contributed by atoms with Crippen LogP contribution in [0.1, 0.15) is 40.3 Å². The van der Waals surface area contributed by atoms with E-state index in [1.54, 1.807) is 0 Å². The normalized spacial score (nSPS) is 11.1. The molecular formula is C23H23N3OS. The molecule has 0 atom stereocenters. The van der Waals surface area contributed by atoms with Crippen LogP contribution in [0.3, 0.4) is 0 Å². The molecule has 1 N–H and O–H groups in total. The van der Waals surface area contributed by atoms with Crippen LogP contribution >= 0.6 is 11.3 Å². The predicted molar refractivity (Wildman–Crippen MR) is 117 cm³/mol. The van der Waals surface area contributed by atoms with Crippen LogP contribution in [0, 0.1) is 6.92 Å². The molecule has 0 fully saturated rings. The van der Waals surface area contributed by atoms with E-state index in [4.69, 9.17) is 0 Å². The molecule has 5 heteroatoms. The zero-order valence-electron chi connectivity index (χ0n) is 16.3. The van der Waals surface area contributed by atoms with Crippen molar-refractivity contribution in [3.63, 3.8) is 0 Å². The van der Waals surface area contributed by atoms with E-state index in [1.165, 1.54) is 22.5 Å². The van der Waals surface area contributed by atoms with Gasteiger partial charge in [0.15, 0.2) is 0 Å². The summed E-state index contributed by atoms with van der Waals surface area (Å²) in [6.45, 7) is 6.21. The van der Waals surface area contributed by atoms with Gasteiger partial charge < -0.3 is 5.32 Å². The molecule has 0 aliphatic carbocycles. The fourth-order valence-electron chi connectivity index (χ4n) is 3.48. The predicted octanol–water partition coefficient (Wildman–Crippen LogP) is 5.77. The summed E-state index contributed by atoms with van der Waals surface area (Å²) < 4.78 is 1.92. The van der Waals surface area contributed by atoms with Crippen molar-refractivity contribution in [3.8, 4) is 5.69 Å². The van der Waals surface area contributed by atoms with Crippen molar-refractivity contribution in [2.45, 2.75) is 33.6 Å². The van der Waals surface area contributed by atoms with Crippen LogP contribution in [0.5, 0.6) is 0 Å². The van der Waals surface area contributed by atoms with Gasteiger partial charge in [0.05, 0.1) is 16.3 Å². The first-order chi connectivity index (χ1) is 13.6. The fraction of sp³-hybridized carbons (Fsp3) is 0.217. The van der Waals surface area contributed by atoms with E-state index in [0.717, 1.165) is 40.1 Å². The summed E-state index contributed by atoms with van der Waals surface area (Å²) in [5, 5.41) is 8.85. The minimum absolute atomic E-state index is 0.0594. The van der Waals surface area contributed by atoms with Crippen LogP contribution in [0.2, 0.25) is 0 Å². The maximum Gasteiger partial charge on any atom is 0.265 e. The van der Waals surface area contributed by atoms with Crippen molar-refractivity contribution in [1.82, 2.24) is 9.78 Å². The second-order valence-corrected chi connectivity index (χ2v) is 7.81. The Balaban J connectivity index is 1.72. The van der Waals surface area contributed by atoms with Gasteiger partial charge in [-0.05, 0) is 49.1 Å². The molecule has 0 aliphatic rings. The minimum Gasteiger partial charge on any atom is -0.321 e. The molecule has 0 unspecified atom stereocenters. The number of nitrogens with one attached hydrogen (secondary N) is 1. The number of rotatable bonds is 5. The monoisotopic (exact) mass is 389 g/mol. The average molecular weight is 390 g/mol. The zero-order chi connectivity index (χ0) is 19.7. The van der Waals surface area contributed by atoms with E-state index in [0.29, 0.717) is 4.88 Å². The standard InChI is InChI=1S/C23H23N3OS/c1-4-16-10-9-11-17(5-2)21(16)24-22(27)20-14-19-15(3)25-26(23(19)28-20)18-12-7-6-8-13-18/h6-14H,4-5H2,1-3H3,(H,24,27). The fourth-order valence-corrected chi connectivity index (χ4v) is 4.56. The number of anilines is 1. The number of fused-ring (bicyclic) bond motifs is 1. The number of carbonyl (C=O) groups is 1. The van der Waals surface area contributed by atoms with E-state index in [-0.39, 0.29) is 5.91 Å². The lowest BCUT2D eigenvalue weighted by atomic mass is 10.0. The average Bonchev–Trinajstić information content (AvgIpc) is 3.29. The van der Waals surface area contributed by atoms with Gasteiger partial charge in [0, 0.05) is 11.1 Å². The SMILES string of the molecule is CCc1cccc(CC)c1NC(=O)c1cc2c(C)nn(-c3ccccc3)c2s1. The second-order valence-electron chi connectivity index (χ2n) is 6.77. The molecule has 142 valence electrons. The van der Waals surface area contributed by atoms with Crippen molar-refractivity contribution in [1.29, 1.82) is 0 Å². The van der Waals surface area contributed by atoms with Crippen molar-refractivity contribution >= 4 is 33.1 Å². The van der Waals surface area contributed by atoms with Crippen LogP contribution in [-0.2, 0) is 12.8 Å². The van der Waals surface area contributed by atoms with Crippen LogP contribution in [-0.4, -0.2) is 15.7 Å². The summed E-state index contributed by atoms with van der Waals surface area (Å²) in [5.74, 6) is -0.0594. The van der Waals surface area contributed by atoms with E-state index in [1.807, 2.05) is 48.0 Å². The number of hydrogen-bond donors (Lipinski definition) is 1. The molecule has 28 heavy (non-hydrogen) atoms. The Morgan fingerprint density at radius 3 is 2.36 bits per heavy atom. The van der Waals surface area contributed by atoms with E-state index in [9.17, 15) is 4.79 Å². The van der Waals surface area contributed by atoms with Gasteiger partial charge in [0.2, 0.25) is 0 Å². The summed E-state index contributed by atoms with van der Waals surface area (Å²) in [7, 11) is 0. The van der Waals surface area contributed by atoms with Crippen molar-refractivity contribution in [2.24, 2.45) is 0 Å². The zero-order valence-corrected chi connectivity index (χ0v) is 17.1. The first-order valence-corrected chi connectivity index (χ1v) is 10.4. The summed E-state index contributed by atoms with van der Waals surface area (Å²) in [6.07, 6.45) is 1.77. The number of aromatic nitrogens is 2. The largest absolute Gasteiger partial charge is 0.321 e. The van der Waals surface area contributed by atoms with Crippen molar-refractivity contribution in [2.75, 3.05) is 5.32 Å². The molecule has 0 saturated heterocycles. The summed E-state index contributed by atoms with van der Waals surface area (Å²) in [4.78, 5) is 14.7. The molecule has 2 aromatic carbocycles. The molecule has 2 aromatic heterocycles. The Hall–Kier alpha value is -2.92. The molecule has 4 nitrogen and oxygen atoms in total. The highest BCUT2D eigenvalue weighted by Crippen LogP contribution is 2.31. The Labute approximate surface area is 168 Å². The smallest absolute Gasteiger partial charge is 0.265 e. The highest BCUT2D eigenvalue weighted by Gasteiger charge is 2.18. The summed E-state index contributed by atoms with van der Waals surface area (Å²) in [5.41, 5.74) is 5.22. The molecule has 0 saturated carbocycles. The van der Waals surface area contributed by atoms with Gasteiger partial charge in [-0.15, -0.1) is 11.3 Å². The second kappa shape index (κ2) is 7.60. The van der Waals surface area contributed by atoms with Crippen molar-refractivity contribution < 1.29 is 4.79 Å². The molecule has 4 rings (SSSR count). The van der Waals surface area contributed by atoms with Crippen molar-refractivity contribution in [3.05, 3.63) is 76.3 Å². The van der Waals surface area contributed by atoms with Gasteiger partial charge >= 0.3 is 0 Å². The first kappa shape index (κ1) is 18.4. The van der Waals surface area contributed by atoms with Crippen LogP contribution < -0.4 is 5.32 Å². The van der Waals surface area contributed by atoms with Crippen LogP contribution in [0.15, 0.2) is 54.6 Å². The lowest BCUT2D eigenvalue weighted by Gasteiger charge is -2.13. The van der Waals surface area contributed by atoms with Gasteiger partial charge in [0.1, 0.15) is 4.83 Å². The molecule has 2 heterocycles. The molecule has 0 aliphatic heterocycles. The van der Waals surface area contributed by atoms with Gasteiger partial charge in [0.25, 0.3) is 5.91 Å². The van der Waals surface area contributed by atoms with Gasteiger partial charge in [-0.1, -0.05) is 50.2 Å². The van der Waals surface area contributed by atoms with Gasteiger partial charge in [-0.3, -0.25) is 4.79 Å². The number of hydrogen-bond acceptors (Lipinski definition) is 3. The van der Waals surface area contributed by atoms with E-state index >= 15 is 0 Å². The number of benzene rings is 2. The van der Waals surface area contributed by atoms with Gasteiger partial charge in [-0.25, -0.2) is 4.68 Å². The third-order valence-electron chi connectivity index (χ3n) is 5.01. The minimum atomic E-state index is -0.0594. The highest BCUT2D eigenvalue weighted by molar-refractivity contribution is 7.20. The lowest BCUT2D eigenvalue weighted by molar-refractivity contribution is 0.103. The van der Waals surface area contributed by atoms with Crippen LogP contribution in [0.4, 0.5) is 5.69 Å². The number of amides is 1. The third-order valence-corrected chi connectivity index (χ3v) is 6.12. The molecule has 0 radical (unpaired) electrons. The highest BCUT2D eigenvalue weighted by atomic mass is 32.1. The lowest BCUT2D eigenvalue weighted by Crippen LogP contribution is -2.13. The molecule has 0 bridgehead atoms. The molecule has 0 spiro atoms. The Morgan fingerprint density at radius 2 is 1.71 bits per heavy atom.